The monoisotopic (exact) mass is 417 g/mol. The first-order chi connectivity index (χ1) is 14.2. The van der Waals surface area contributed by atoms with Gasteiger partial charge in [0.05, 0.1) is 38.6 Å². The van der Waals surface area contributed by atoms with Crippen molar-refractivity contribution in [2.24, 2.45) is 0 Å². The number of nitro groups is 3. The van der Waals surface area contributed by atoms with Gasteiger partial charge in [-0.1, -0.05) is 0 Å². The van der Waals surface area contributed by atoms with Crippen LogP contribution >= 0.6 is 0 Å². The van der Waals surface area contributed by atoms with Crippen molar-refractivity contribution in [3.05, 3.63) is 71.3 Å². The van der Waals surface area contributed by atoms with Crippen molar-refractivity contribution in [2.75, 3.05) is 20.3 Å². The highest BCUT2D eigenvalue weighted by atomic mass is 16.6. The molecule has 3 rings (SSSR count). The number of hydrogen-bond donors (Lipinski definition) is 0. The van der Waals surface area contributed by atoms with E-state index in [9.17, 15) is 39.9 Å². The number of non-ortho nitro benzene ring substituents is 2. The van der Waals surface area contributed by atoms with Crippen LogP contribution in [0.2, 0.25) is 0 Å². The largest absolute Gasteiger partial charge is 0.460 e. The summed E-state index contributed by atoms with van der Waals surface area (Å²) in [5.41, 5.74) is -3.90. The minimum Gasteiger partial charge on any atom is -0.460 e. The van der Waals surface area contributed by atoms with E-state index in [0.29, 0.717) is 6.07 Å². The molecule has 1 aliphatic carbocycles. The summed E-state index contributed by atoms with van der Waals surface area (Å²) in [6, 6.07) is 3.18. The van der Waals surface area contributed by atoms with Gasteiger partial charge in [-0.25, -0.2) is 4.79 Å². The first kappa shape index (κ1) is 20.5. The molecule has 0 atom stereocenters. The van der Waals surface area contributed by atoms with Crippen LogP contribution in [0.3, 0.4) is 0 Å². The molecule has 0 saturated heterocycles. The summed E-state index contributed by atoms with van der Waals surface area (Å²) >= 11 is 0. The quantitative estimate of drug-likeness (QED) is 0.239. The van der Waals surface area contributed by atoms with E-state index in [2.05, 4.69) is 0 Å². The zero-order chi connectivity index (χ0) is 22.2. The van der Waals surface area contributed by atoms with Gasteiger partial charge in [0.1, 0.15) is 6.61 Å². The van der Waals surface area contributed by atoms with E-state index in [1.807, 2.05) is 0 Å². The molecular weight excluding hydrogens is 406 g/mol. The zero-order valence-electron chi connectivity index (χ0n) is 15.1. The third-order valence-electron chi connectivity index (χ3n) is 4.32. The van der Waals surface area contributed by atoms with Crippen LogP contribution in [0.25, 0.3) is 11.1 Å². The number of methoxy groups -OCH3 is 1. The van der Waals surface area contributed by atoms with E-state index >= 15 is 0 Å². The third kappa shape index (κ3) is 3.33. The highest BCUT2D eigenvalue weighted by molar-refractivity contribution is 6.26. The molecule has 0 radical (unpaired) electrons. The van der Waals surface area contributed by atoms with E-state index in [4.69, 9.17) is 9.47 Å². The van der Waals surface area contributed by atoms with Crippen LogP contribution in [0.4, 0.5) is 17.1 Å². The number of esters is 1. The lowest BCUT2D eigenvalue weighted by molar-refractivity contribution is -0.393. The van der Waals surface area contributed by atoms with Gasteiger partial charge in [0.15, 0.2) is 5.78 Å². The molecular formula is C17H11N3O10. The summed E-state index contributed by atoms with van der Waals surface area (Å²) in [7, 11) is 1.35. The molecule has 0 unspecified atom stereocenters. The van der Waals surface area contributed by atoms with Gasteiger partial charge in [0.2, 0.25) is 0 Å². The standard InChI is InChI=1S/C17H11N3O10/c1-29-2-3-30-17(22)12-6-8(18(23)24)4-10-14(12)15-11(16(10)21)5-9(19(25)26)7-13(15)20(27)28/h4-7H,2-3H2,1H3. The van der Waals surface area contributed by atoms with Crippen molar-refractivity contribution in [3.63, 3.8) is 0 Å². The second-order valence-electron chi connectivity index (χ2n) is 6.03. The maximum Gasteiger partial charge on any atom is 0.339 e. The molecule has 2 aromatic rings. The Hall–Kier alpha value is -4.26. The number of ether oxygens (including phenoxy) is 2. The predicted molar refractivity (Wildman–Crippen MR) is 97.4 cm³/mol. The zero-order valence-corrected chi connectivity index (χ0v) is 15.1. The smallest absolute Gasteiger partial charge is 0.339 e. The topological polar surface area (TPSA) is 182 Å². The number of fused-ring (bicyclic) bond motifs is 3. The summed E-state index contributed by atoms with van der Waals surface area (Å²) in [4.78, 5) is 56.6. The molecule has 0 heterocycles. The molecule has 154 valence electrons. The number of carbonyl (C=O) groups is 2. The highest BCUT2D eigenvalue weighted by Crippen LogP contribution is 2.47. The fourth-order valence-corrected chi connectivity index (χ4v) is 3.09. The maximum absolute atomic E-state index is 12.8. The SMILES string of the molecule is COCCOC(=O)c1cc([N+](=O)[O-])cc2c1-c1c(cc([N+](=O)[O-])cc1[N+](=O)[O-])C2=O. The van der Waals surface area contributed by atoms with Crippen molar-refractivity contribution in [2.45, 2.75) is 0 Å². The van der Waals surface area contributed by atoms with Crippen LogP contribution in [-0.4, -0.2) is 46.8 Å². The van der Waals surface area contributed by atoms with Gasteiger partial charge in [0.25, 0.3) is 17.1 Å². The fraction of sp³-hybridized carbons (Fsp3) is 0.176. The van der Waals surface area contributed by atoms with Crippen molar-refractivity contribution in [1.82, 2.24) is 0 Å². The molecule has 0 amide bonds. The number of rotatable bonds is 7. The van der Waals surface area contributed by atoms with Gasteiger partial charge < -0.3 is 9.47 Å². The first-order valence-electron chi connectivity index (χ1n) is 8.17. The summed E-state index contributed by atoms with van der Waals surface area (Å²) in [5.74, 6) is -1.98. The summed E-state index contributed by atoms with van der Waals surface area (Å²) in [5, 5.41) is 33.9. The molecule has 0 saturated carbocycles. The molecule has 0 spiro atoms. The Morgan fingerprint density at radius 2 is 1.43 bits per heavy atom. The summed E-state index contributed by atoms with van der Waals surface area (Å²) in [6.45, 7) is -0.194. The van der Waals surface area contributed by atoms with E-state index in [0.717, 1.165) is 18.2 Å². The second-order valence-corrected chi connectivity index (χ2v) is 6.03. The number of carbonyl (C=O) groups excluding carboxylic acids is 2. The highest BCUT2D eigenvalue weighted by Gasteiger charge is 2.40. The number of benzene rings is 2. The lowest BCUT2D eigenvalue weighted by atomic mass is 9.97. The Morgan fingerprint density at radius 1 is 0.867 bits per heavy atom. The van der Waals surface area contributed by atoms with E-state index in [-0.39, 0.29) is 29.9 Å². The van der Waals surface area contributed by atoms with Gasteiger partial charge in [-0.2, -0.15) is 0 Å². The lowest BCUT2D eigenvalue weighted by Gasteiger charge is -2.09. The predicted octanol–water partition coefficient (Wildman–Crippen LogP) is 2.43. The molecule has 13 heteroatoms. The average Bonchev–Trinajstić information content (AvgIpc) is 2.99. The molecule has 0 fully saturated rings. The Balaban J connectivity index is 2.32. The Kier molecular flexibility index (Phi) is 5.21. The van der Waals surface area contributed by atoms with Crippen molar-refractivity contribution in [1.29, 1.82) is 0 Å². The Labute approximate surface area is 166 Å². The van der Waals surface area contributed by atoms with Crippen LogP contribution in [0.5, 0.6) is 0 Å². The van der Waals surface area contributed by atoms with Crippen LogP contribution < -0.4 is 0 Å². The normalized spacial score (nSPS) is 11.6. The summed E-state index contributed by atoms with van der Waals surface area (Å²) < 4.78 is 9.71. The number of nitro benzene ring substituents is 3. The molecule has 0 bridgehead atoms. The third-order valence-corrected chi connectivity index (χ3v) is 4.32. The van der Waals surface area contributed by atoms with Crippen molar-refractivity contribution in [3.8, 4) is 11.1 Å². The van der Waals surface area contributed by atoms with Crippen molar-refractivity contribution < 1.29 is 33.8 Å². The van der Waals surface area contributed by atoms with E-state index < -0.39 is 54.7 Å². The number of ketones is 1. The molecule has 0 aromatic heterocycles. The average molecular weight is 417 g/mol. The van der Waals surface area contributed by atoms with Gasteiger partial charge >= 0.3 is 5.97 Å². The minimum atomic E-state index is -1.07. The van der Waals surface area contributed by atoms with Gasteiger partial charge in [-0.05, 0) is 0 Å². The fourth-order valence-electron chi connectivity index (χ4n) is 3.09. The van der Waals surface area contributed by atoms with Crippen LogP contribution in [-0.2, 0) is 9.47 Å². The van der Waals surface area contributed by atoms with Gasteiger partial charge in [0, 0.05) is 42.0 Å². The number of nitrogens with zero attached hydrogens (tertiary/aromatic N) is 3. The lowest BCUT2D eigenvalue weighted by Crippen LogP contribution is -2.12. The second kappa shape index (κ2) is 7.63. The first-order valence-corrected chi connectivity index (χ1v) is 8.17. The molecule has 0 N–H and O–H groups in total. The molecule has 0 aliphatic heterocycles. The maximum atomic E-state index is 12.8. The van der Waals surface area contributed by atoms with Crippen LogP contribution in [0.1, 0.15) is 26.3 Å². The Bertz CT molecular complexity index is 1140. The summed E-state index contributed by atoms with van der Waals surface area (Å²) in [6.07, 6.45) is 0. The minimum absolute atomic E-state index is 0.0186. The van der Waals surface area contributed by atoms with Gasteiger partial charge in [-0.3, -0.25) is 35.1 Å². The Morgan fingerprint density at radius 3 is 1.97 bits per heavy atom. The van der Waals surface area contributed by atoms with Gasteiger partial charge in [-0.15, -0.1) is 0 Å². The van der Waals surface area contributed by atoms with E-state index in [1.54, 1.807) is 0 Å². The van der Waals surface area contributed by atoms with Crippen LogP contribution in [0, 0.1) is 30.3 Å². The molecule has 2 aromatic carbocycles. The molecule has 13 nitrogen and oxygen atoms in total. The number of hydrogen-bond acceptors (Lipinski definition) is 10. The van der Waals surface area contributed by atoms with E-state index in [1.165, 1.54) is 7.11 Å². The molecule has 1 aliphatic rings. The van der Waals surface area contributed by atoms with Crippen molar-refractivity contribution >= 4 is 28.8 Å². The molecule has 30 heavy (non-hydrogen) atoms. The van der Waals surface area contributed by atoms with Crippen LogP contribution in [0.15, 0.2) is 24.3 Å².